The van der Waals surface area contributed by atoms with Crippen molar-refractivity contribution < 1.29 is 0 Å². The zero-order valence-corrected chi connectivity index (χ0v) is 28.8. The van der Waals surface area contributed by atoms with Gasteiger partial charge in [0.1, 0.15) is 0 Å². The molecule has 0 heterocycles. The van der Waals surface area contributed by atoms with E-state index >= 15 is 0 Å². The fourth-order valence-corrected chi connectivity index (χ4v) is 8.84. The summed E-state index contributed by atoms with van der Waals surface area (Å²) in [4.78, 5) is 0. The molecule has 9 aromatic rings. The minimum absolute atomic E-state index is 0.0850. The van der Waals surface area contributed by atoms with Crippen molar-refractivity contribution in [2.24, 2.45) is 0 Å². The number of benzene rings is 9. The first-order valence-corrected chi connectivity index (χ1v) is 17.9. The Bertz CT molecular complexity index is 2800. The van der Waals surface area contributed by atoms with Gasteiger partial charge in [-0.05, 0) is 117 Å². The van der Waals surface area contributed by atoms with Crippen molar-refractivity contribution in [3.63, 3.8) is 0 Å². The van der Waals surface area contributed by atoms with Gasteiger partial charge in [0.25, 0.3) is 0 Å². The van der Waals surface area contributed by atoms with Crippen LogP contribution in [0.2, 0.25) is 0 Å². The summed E-state index contributed by atoms with van der Waals surface area (Å²) >= 11 is 0. The minimum atomic E-state index is -0.0850. The SMILES string of the molecule is CC1(C)c2ccccc2-c2c(-c3c4ccccc4c(-c4cc5ccccc5cc4-c4ccccc4)c4ccc(-c5ccccc5)cc34)cccc21. The Hall–Kier alpha value is -6.24. The van der Waals surface area contributed by atoms with Gasteiger partial charge in [-0.15, -0.1) is 0 Å². The Kier molecular flexibility index (Phi) is 6.63. The molecule has 10 rings (SSSR count). The predicted octanol–water partition coefficient (Wildman–Crippen LogP) is 14.1. The van der Waals surface area contributed by atoms with E-state index in [9.17, 15) is 0 Å². The van der Waals surface area contributed by atoms with Crippen molar-refractivity contribution in [2.45, 2.75) is 19.3 Å². The van der Waals surface area contributed by atoms with E-state index in [1.165, 1.54) is 99.1 Å². The summed E-state index contributed by atoms with van der Waals surface area (Å²) < 4.78 is 0. The summed E-state index contributed by atoms with van der Waals surface area (Å²) in [6.07, 6.45) is 0. The summed E-state index contributed by atoms with van der Waals surface area (Å²) in [5.41, 5.74) is 15.4. The molecule has 0 aliphatic heterocycles. The van der Waals surface area contributed by atoms with E-state index in [0.29, 0.717) is 0 Å². The molecular formula is C51H36. The Balaban J connectivity index is 1.39. The predicted molar refractivity (Wildman–Crippen MR) is 218 cm³/mol. The molecule has 9 aromatic carbocycles. The van der Waals surface area contributed by atoms with Crippen LogP contribution in [0.3, 0.4) is 0 Å². The summed E-state index contributed by atoms with van der Waals surface area (Å²) in [7, 11) is 0. The molecule has 0 atom stereocenters. The first-order chi connectivity index (χ1) is 25.1. The molecule has 0 aromatic heterocycles. The highest BCUT2D eigenvalue weighted by Gasteiger charge is 2.37. The second-order valence-corrected chi connectivity index (χ2v) is 14.4. The van der Waals surface area contributed by atoms with Crippen molar-refractivity contribution in [1.29, 1.82) is 0 Å². The molecule has 0 fully saturated rings. The van der Waals surface area contributed by atoms with Gasteiger partial charge in [0, 0.05) is 5.41 Å². The lowest BCUT2D eigenvalue weighted by atomic mass is 9.79. The fourth-order valence-electron chi connectivity index (χ4n) is 8.84. The third kappa shape index (κ3) is 4.53. The quantitative estimate of drug-likeness (QED) is 0.167. The summed E-state index contributed by atoms with van der Waals surface area (Å²) in [6, 6.07) is 67.5. The van der Waals surface area contributed by atoms with E-state index in [4.69, 9.17) is 0 Å². The molecule has 1 aliphatic rings. The highest BCUT2D eigenvalue weighted by atomic mass is 14.4. The van der Waals surface area contributed by atoms with E-state index < -0.39 is 0 Å². The van der Waals surface area contributed by atoms with Crippen LogP contribution in [0.4, 0.5) is 0 Å². The largest absolute Gasteiger partial charge is 0.0622 e. The molecule has 0 amide bonds. The van der Waals surface area contributed by atoms with E-state index in [0.717, 1.165) is 0 Å². The molecule has 0 bridgehead atoms. The zero-order chi connectivity index (χ0) is 34.1. The molecule has 0 saturated carbocycles. The first-order valence-electron chi connectivity index (χ1n) is 17.9. The Labute approximate surface area is 299 Å². The van der Waals surface area contributed by atoms with Gasteiger partial charge in [-0.25, -0.2) is 0 Å². The average Bonchev–Trinajstić information content (AvgIpc) is 3.43. The smallest absolute Gasteiger partial charge is 0.0159 e. The van der Waals surface area contributed by atoms with Gasteiger partial charge < -0.3 is 0 Å². The second-order valence-electron chi connectivity index (χ2n) is 14.4. The van der Waals surface area contributed by atoms with Crippen LogP contribution in [-0.4, -0.2) is 0 Å². The third-order valence-electron chi connectivity index (χ3n) is 11.2. The molecule has 0 radical (unpaired) electrons. The van der Waals surface area contributed by atoms with Crippen LogP contribution in [-0.2, 0) is 5.41 Å². The van der Waals surface area contributed by atoms with Crippen molar-refractivity contribution in [3.05, 3.63) is 193 Å². The first kappa shape index (κ1) is 29.7. The second kappa shape index (κ2) is 11.4. The van der Waals surface area contributed by atoms with Gasteiger partial charge >= 0.3 is 0 Å². The van der Waals surface area contributed by atoms with Crippen LogP contribution in [0.15, 0.2) is 182 Å². The molecule has 0 unspecified atom stereocenters. The van der Waals surface area contributed by atoms with Crippen LogP contribution >= 0.6 is 0 Å². The van der Waals surface area contributed by atoms with Crippen molar-refractivity contribution in [2.75, 3.05) is 0 Å². The number of hydrogen-bond donors (Lipinski definition) is 0. The van der Waals surface area contributed by atoms with Crippen LogP contribution in [0.1, 0.15) is 25.0 Å². The van der Waals surface area contributed by atoms with Crippen LogP contribution in [0.5, 0.6) is 0 Å². The minimum Gasteiger partial charge on any atom is -0.0622 e. The van der Waals surface area contributed by atoms with Gasteiger partial charge in [-0.1, -0.05) is 178 Å². The lowest BCUT2D eigenvalue weighted by Gasteiger charge is -2.23. The van der Waals surface area contributed by atoms with Crippen LogP contribution < -0.4 is 0 Å². The monoisotopic (exact) mass is 648 g/mol. The highest BCUT2D eigenvalue weighted by Crippen LogP contribution is 2.55. The van der Waals surface area contributed by atoms with Gasteiger partial charge in [-0.3, -0.25) is 0 Å². The van der Waals surface area contributed by atoms with Crippen LogP contribution in [0, 0.1) is 0 Å². The summed E-state index contributed by atoms with van der Waals surface area (Å²) in [6.45, 7) is 4.75. The number of fused-ring (bicyclic) bond motifs is 6. The Morgan fingerprint density at radius 3 is 1.55 bits per heavy atom. The maximum atomic E-state index is 2.45. The average molecular weight is 649 g/mol. The van der Waals surface area contributed by atoms with Crippen molar-refractivity contribution >= 4 is 32.3 Å². The van der Waals surface area contributed by atoms with Gasteiger partial charge in [-0.2, -0.15) is 0 Å². The molecule has 51 heavy (non-hydrogen) atoms. The third-order valence-corrected chi connectivity index (χ3v) is 11.2. The van der Waals surface area contributed by atoms with Crippen molar-refractivity contribution in [1.82, 2.24) is 0 Å². The van der Waals surface area contributed by atoms with Crippen LogP contribution in [0.25, 0.3) is 88.0 Å². The maximum absolute atomic E-state index is 2.45. The standard InChI is InChI=1S/C51H36/c1-51(2)46-26-14-13-24-41(46)50-42(25-15-27-47(50)51)49-39-23-12-11-22-38(39)48(40-29-28-37(32-44(40)49)33-16-5-3-6-17-33)45-31-36-21-10-9-20-35(36)30-43(45)34-18-7-4-8-19-34/h3-32H,1-2H3. The lowest BCUT2D eigenvalue weighted by Crippen LogP contribution is -2.14. The molecule has 0 heteroatoms. The van der Waals surface area contributed by atoms with E-state index in [2.05, 4.69) is 196 Å². The van der Waals surface area contributed by atoms with Crippen molar-refractivity contribution in [3.8, 4) is 55.6 Å². The Morgan fingerprint density at radius 1 is 0.294 bits per heavy atom. The van der Waals surface area contributed by atoms with Gasteiger partial charge in [0.2, 0.25) is 0 Å². The van der Waals surface area contributed by atoms with E-state index in [-0.39, 0.29) is 5.41 Å². The van der Waals surface area contributed by atoms with Gasteiger partial charge in [0.05, 0.1) is 0 Å². The van der Waals surface area contributed by atoms with E-state index in [1.807, 2.05) is 0 Å². The summed E-state index contributed by atoms with van der Waals surface area (Å²) in [5.74, 6) is 0. The molecule has 0 spiro atoms. The summed E-state index contributed by atoms with van der Waals surface area (Å²) in [5, 5.41) is 7.56. The van der Waals surface area contributed by atoms with Gasteiger partial charge in [0.15, 0.2) is 0 Å². The maximum Gasteiger partial charge on any atom is 0.0159 e. The molecule has 0 saturated heterocycles. The molecule has 0 N–H and O–H groups in total. The lowest BCUT2D eigenvalue weighted by molar-refractivity contribution is 0.660. The molecule has 1 aliphatic carbocycles. The number of hydrogen-bond acceptors (Lipinski definition) is 0. The normalized spacial score (nSPS) is 13.1. The molecule has 240 valence electrons. The topological polar surface area (TPSA) is 0 Å². The highest BCUT2D eigenvalue weighted by molar-refractivity contribution is 6.24. The van der Waals surface area contributed by atoms with E-state index in [1.54, 1.807) is 0 Å². The number of rotatable bonds is 4. The molecular weight excluding hydrogens is 613 g/mol. The molecule has 0 nitrogen and oxygen atoms in total. The Morgan fingerprint density at radius 2 is 0.824 bits per heavy atom. The fraction of sp³-hybridized carbons (Fsp3) is 0.0588. The zero-order valence-electron chi connectivity index (χ0n) is 28.8.